The number of hydrogen-bond acceptors (Lipinski definition) is 3. The molecule has 1 aliphatic rings. The highest BCUT2D eigenvalue weighted by atomic mass is 16.5. The van der Waals surface area contributed by atoms with Gasteiger partial charge in [0.1, 0.15) is 0 Å². The third kappa shape index (κ3) is 2.79. The Morgan fingerprint density at radius 1 is 1.40 bits per heavy atom. The van der Waals surface area contributed by atoms with Crippen LogP contribution in [0.3, 0.4) is 0 Å². The number of morpholine rings is 1. The van der Waals surface area contributed by atoms with Crippen LogP contribution in [0, 0.1) is 17.4 Å². The summed E-state index contributed by atoms with van der Waals surface area (Å²) in [5, 5.41) is 8.76. The first-order valence-corrected chi connectivity index (χ1v) is 5.09. The van der Waals surface area contributed by atoms with Crippen LogP contribution in [0.1, 0.15) is 11.1 Å². The first kappa shape index (κ1) is 10.2. The Bertz CT molecular complexity index is 364. The van der Waals surface area contributed by atoms with E-state index in [1.54, 1.807) is 6.07 Å². The van der Waals surface area contributed by atoms with E-state index in [1.807, 2.05) is 12.1 Å². The molecule has 0 amide bonds. The minimum Gasteiger partial charge on any atom is -0.379 e. The lowest BCUT2D eigenvalue weighted by Gasteiger charge is -2.26. The lowest BCUT2D eigenvalue weighted by molar-refractivity contribution is 0.0342. The minimum atomic E-state index is 0.681. The molecule has 0 atom stereocenters. The normalized spacial score (nSPS) is 17.3. The van der Waals surface area contributed by atoms with Crippen LogP contribution in [0.2, 0.25) is 0 Å². The number of benzene rings is 1. The minimum absolute atomic E-state index is 0.681. The summed E-state index contributed by atoms with van der Waals surface area (Å²) in [7, 11) is 0. The molecule has 1 saturated heterocycles. The lowest BCUT2D eigenvalue weighted by atomic mass is 10.1. The molecule has 0 spiro atoms. The van der Waals surface area contributed by atoms with Gasteiger partial charge >= 0.3 is 0 Å². The van der Waals surface area contributed by atoms with Crippen LogP contribution in [-0.4, -0.2) is 31.2 Å². The van der Waals surface area contributed by atoms with Crippen LogP contribution in [0.25, 0.3) is 0 Å². The van der Waals surface area contributed by atoms with Crippen molar-refractivity contribution in [3.8, 4) is 6.07 Å². The third-order valence-electron chi connectivity index (χ3n) is 2.49. The maximum absolute atomic E-state index is 8.76. The summed E-state index contributed by atoms with van der Waals surface area (Å²) in [6, 6.07) is 10.7. The summed E-state index contributed by atoms with van der Waals surface area (Å²) in [6.07, 6.45) is 0. The Morgan fingerprint density at radius 3 is 2.93 bits per heavy atom. The largest absolute Gasteiger partial charge is 0.379 e. The van der Waals surface area contributed by atoms with E-state index in [9.17, 15) is 0 Å². The van der Waals surface area contributed by atoms with E-state index in [-0.39, 0.29) is 0 Å². The molecule has 0 unspecified atom stereocenters. The first-order valence-electron chi connectivity index (χ1n) is 5.09. The van der Waals surface area contributed by atoms with E-state index in [1.165, 1.54) is 0 Å². The highest BCUT2D eigenvalue weighted by Crippen LogP contribution is 2.08. The summed E-state index contributed by atoms with van der Waals surface area (Å²) in [5.41, 5.74) is 1.83. The van der Waals surface area contributed by atoms with E-state index in [2.05, 4.69) is 17.0 Å². The van der Waals surface area contributed by atoms with Crippen molar-refractivity contribution in [1.82, 2.24) is 4.90 Å². The molecular weight excluding hydrogens is 188 g/mol. The topological polar surface area (TPSA) is 36.3 Å². The number of nitrogens with zero attached hydrogens (tertiary/aromatic N) is 2. The lowest BCUT2D eigenvalue weighted by Crippen LogP contribution is -2.35. The number of nitriles is 1. The van der Waals surface area contributed by atoms with Crippen molar-refractivity contribution in [3.63, 3.8) is 0 Å². The van der Waals surface area contributed by atoms with Crippen molar-refractivity contribution in [2.45, 2.75) is 6.54 Å². The third-order valence-corrected chi connectivity index (χ3v) is 2.49. The second-order valence-corrected chi connectivity index (χ2v) is 3.63. The predicted molar refractivity (Wildman–Crippen MR) is 56.1 cm³/mol. The smallest absolute Gasteiger partial charge is 0.0991 e. The molecule has 2 rings (SSSR count). The van der Waals surface area contributed by atoms with Gasteiger partial charge in [0.15, 0.2) is 0 Å². The molecule has 1 aromatic rings. The Morgan fingerprint density at radius 2 is 2.20 bits per heavy atom. The van der Waals surface area contributed by atoms with Crippen LogP contribution in [0.15, 0.2) is 18.2 Å². The number of hydrogen-bond donors (Lipinski definition) is 0. The Balaban J connectivity index is 2.00. The van der Waals surface area contributed by atoms with Crippen molar-refractivity contribution >= 4 is 0 Å². The van der Waals surface area contributed by atoms with Gasteiger partial charge in [-0.15, -0.1) is 0 Å². The molecule has 0 aliphatic carbocycles. The molecule has 0 bridgehead atoms. The fourth-order valence-electron chi connectivity index (χ4n) is 1.69. The second kappa shape index (κ2) is 4.92. The maximum Gasteiger partial charge on any atom is 0.0991 e. The molecule has 0 aromatic heterocycles. The molecular formula is C12H13N2O. The quantitative estimate of drug-likeness (QED) is 0.721. The molecule has 15 heavy (non-hydrogen) atoms. The van der Waals surface area contributed by atoms with Gasteiger partial charge in [0, 0.05) is 19.6 Å². The van der Waals surface area contributed by atoms with Crippen LogP contribution in [0.4, 0.5) is 0 Å². The Hall–Kier alpha value is -1.37. The Kier molecular flexibility index (Phi) is 3.33. The average Bonchev–Trinajstić information content (AvgIpc) is 2.31. The molecule has 1 aromatic carbocycles. The van der Waals surface area contributed by atoms with Gasteiger partial charge in [0.25, 0.3) is 0 Å². The molecule has 77 valence electrons. The van der Waals surface area contributed by atoms with Crippen molar-refractivity contribution in [1.29, 1.82) is 5.26 Å². The molecule has 1 radical (unpaired) electrons. The summed E-state index contributed by atoms with van der Waals surface area (Å²) in [4.78, 5) is 2.33. The van der Waals surface area contributed by atoms with Gasteiger partial charge in [-0.2, -0.15) is 5.26 Å². The van der Waals surface area contributed by atoms with Crippen LogP contribution < -0.4 is 0 Å². The van der Waals surface area contributed by atoms with Gasteiger partial charge in [-0.25, -0.2) is 0 Å². The molecule has 1 fully saturated rings. The van der Waals surface area contributed by atoms with Crippen LogP contribution in [-0.2, 0) is 11.3 Å². The van der Waals surface area contributed by atoms with Crippen molar-refractivity contribution in [2.75, 3.05) is 26.3 Å². The fraction of sp³-hybridized carbons (Fsp3) is 0.417. The van der Waals surface area contributed by atoms with E-state index >= 15 is 0 Å². The van der Waals surface area contributed by atoms with Gasteiger partial charge in [-0.3, -0.25) is 4.90 Å². The zero-order valence-electron chi connectivity index (χ0n) is 8.57. The highest BCUT2D eigenvalue weighted by Gasteiger charge is 2.10. The zero-order chi connectivity index (χ0) is 10.5. The Labute approximate surface area is 89.9 Å². The van der Waals surface area contributed by atoms with E-state index < -0.39 is 0 Å². The van der Waals surface area contributed by atoms with E-state index in [0.29, 0.717) is 5.56 Å². The summed E-state index contributed by atoms with van der Waals surface area (Å²) >= 11 is 0. The molecule has 3 nitrogen and oxygen atoms in total. The molecule has 0 saturated carbocycles. The molecule has 1 aliphatic heterocycles. The monoisotopic (exact) mass is 201 g/mol. The SMILES string of the molecule is N#Cc1c[c]cc(CN2CCOCC2)c1. The number of ether oxygens (including phenoxy) is 1. The summed E-state index contributed by atoms with van der Waals surface area (Å²) in [6.45, 7) is 4.44. The highest BCUT2D eigenvalue weighted by molar-refractivity contribution is 5.32. The van der Waals surface area contributed by atoms with Gasteiger partial charge in [-0.1, -0.05) is 0 Å². The van der Waals surface area contributed by atoms with Crippen molar-refractivity contribution in [2.24, 2.45) is 0 Å². The summed E-state index contributed by atoms with van der Waals surface area (Å²) < 4.78 is 5.28. The molecule has 1 heterocycles. The van der Waals surface area contributed by atoms with Crippen molar-refractivity contribution < 1.29 is 4.74 Å². The molecule has 0 N–H and O–H groups in total. The van der Waals surface area contributed by atoms with E-state index in [4.69, 9.17) is 10.00 Å². The number of rotatable bonds is 2. The van der Waals surface area contributed by atoms with Gasteiger partial charge in [0.2, 0.25) is 0 Å². The fourth-order valence-corrected chi connectivity index (χ4v) is 1.69. The van der Waals surface area contributed by atoms with Crippen LogP contribution in [0.5, 0.6) is 0 Å². The average molecular weight is 201 g/mol. The van der Waals surface area contributed by atoms with E-state index in [0.717, 1.165) is 38.4 Å². The first-order chi connectivity index (χ1) is 7.38. The van der Waals surface area contributed by atoms with Crippen molar-refractivity contribution in [3.05, 3.63) is 35.4 Å². The molecule has 3 heteroatoms. The second-order valence-electron chi connectivity index (χ2n) is 3.63. The van der Waals surface area contributed by atoms with Gasteiger partial charge in [-0.05, 0) is 29.8 Å². The summed E-state index contributed by atoms with van der Waals surface area (Å²) in [5.74, 6) is 0. The zero-order valence-corrected chi connectivity index (χ0v) is 8.57. The van der Waals surface area contributed by atoms with Crippen LogP contribution >= 0.6 is 0 Å². The van der Waals surface area contributed by atoms with Gasteiger partial charge in [0.05, 0.1) is 24.8 Å². The predicted octanol–water partition coefficient (Wildman–Crippen LogP) is 1.19. The maximum atomic E-state index is 8.76. The standard InChI is InChI=1S/C12H13N2O/c13-9-11-2-1-3-12(8-11)10-14-4-6-15-7-5-14/h2-3,8H,4-7,10H2. The van der Waals surface area contributed by atoms with Gasteiger partial charge < -0.3 is 4.74 Å².